The Morgan fingerprint density at radius 3 is 2.40 bits per heavy atom. The maximum atomic E-state index is 12.6. The minimum atomic E-state index is -0.401. The van der Waals surface area contributed by atoms with Crippen molar-refractivity contribution >= 4 is 33.2 Å². The van der Waals surface area contributed by atoms with Gasteiger partial charge in [0.15, 0.2) is 0 Å². The van der Waals surface area contributed by atoms with E-state index in [-0.39, 0.29) is 0 Å². The molecule has 0 saturated carbocycles. The molecule has 0 spiro atoms. The van der Waals surface area contributed by atoms with E-state index in [1.165, 1.54) is 11.3 Å². The van der Waals surface area contributed by atoms with E-state index in [0.717, 1.165) is 22.4 Å². The second-order valence-electron chi connectivity index (χ2n) is 5.37. The lowest BCUT2D eigenvalue weighted by Gasteiger charge is -2.03. The van der Waals surface area contributed by atoms with E-state index in [4.69, 9.17) is 20.8 Å². The lowest BCUT2D eigenvalue weighted by atomic mass is 10.1. The third kappa shape index (κ3) is 2.92. The summed E-state index contributed by atoms with van der Waals surface area (Å²) in [5, 5.41) is 3.05. The first kappa shape index (κ1) is 15.9. The van der Waals surface area contributed by atoms with E-state index < -0.39 is 5.63 Å². The molecule has 124 valence electrons. The summed E-state index contributed by atoms with van der Waals surface area (Å²) >= 11 is 7.35. The lowest BCUT2D eigenvalue weighted by molar-refractivity contribution is 0.415. The van der Waals surface area contributed by atoms with E-state index in [1.807, 2.05) is 29.6 Å². The highest BCUT2D eigenvalue weighted by molar-refractivity contribution is 7.17. The Bertz CT molecular complexity index is 1100. The van der Waals surface area contributed by atoms with Crippen molar-refractivity contribution in [3.8, 4) is 28.3 Å². The molecule has 6 heteroatoms. The van der Waals surface area contributed by atoms with Crippen molar-refractivity contribution in [2.75, 3.05) is 7.11 Å². The van der Waals surface area contributed by atoms with Gasteiger partial charge < -0.3 is 9.15 Å². The molecule has 0 fully saturated rings. The molecule has 0 saturated heterocycles. The molecule has 2 aromatic carbocycles. The quantitative estimate of drug-likeness (QED) is 0.495. The van der Waals surface area contributed by atoms with Crippen LogP contribution in [0.2, 0.25) is 5.02 Å². The highest BCUT2D eigenvalue weighted by Gasteiger charge is 2.15. The zero-order valence-electron chi connectivity index (χ0n) is 13.2. The Labute approximate surface area is 152 Å². The van der Waals surface area contributed by atoms with Gasteiger partial charge in [-0.3, -0.25) is 0 Å². The van der Waals surface area contributed by atoms with Gasteiger partial charge in [-0.2, -0.15) is 0 Å². The lowest BCUT2D eigenvalue weighted by Crippen LogP contribution is -2.02. The van der Waals surface area contributed by atoms with Crippen molar-refractivity contribution in [2.24, 2.45) is 0 Å². The number of methoxy groups -OCH3 is 1. The zero-order valence-corrected chi connectivity index (χ0v) is 14.7. The first-order valence-corrected chi connectivity index (χ1v) is 8.74. The number of nitrogens with zero attached hydrogens (tertiary/aromatic N) is 1. The Morgan fingerprint density at radius 1 is 1.04 bits per heavy atom. The highest BCUT2D eigenvalue weighted by Crippen LogP contribution is 2.33. The van der Waals surface area contributed by atoms with Crippen LogP contribution in [0, 0.1) is 0 Å². The predicted molar refractivity (Wildman–Crippen MR) is 101 cm³/mol. The Morgan fingerprint density at radius 2 is 1.72 bits per heavy atom. The summed E-state index contributed by atoms with van der Waals surface area (Å²) in [7, 11) is 1.60. The normalized spacial score (nSPS) is 11.0. The molecule has 0 radical (unpaired) electrons. The number of rotatable bonds is 3. The molecule has 0 aliphatic heterocycles. The van der Waals surface area contributed by atoms with Crippen LogP contribution < -0.4 is 10.4 Å². The van der Waals surface area contributed by atoms with Crippen LogP contribution in [0.4, 0.5) is 0 Å². The van der Waals surface area contributed by atoms with Gasteiger partial charge in [0.2, 0.25) is 5.89 Å². The number of aromatic nitrogens is 1. The maximum absolute atomic E-state index is 12.6. The monoisotopic (exact) mass is 369 g/mol. The molecule has 4 rings (SSSR count). The summed E-state index contributed by atoms with van der Waals surface area (Å²) in [5.74, 6) is 1.03. The number of hydrogen-bond acceptors (Lipinski definition) is 5. The molecule has 25 heavy (non-hydrogen) atoms. The largest absolute Gasteiger partial charge is 0.497 e. The minimum Gasteiger partial charge on any atom is -0.497 e. The predicted octanol–water partition coefficient (Wildman–Crippen LogP) is 5.25. The number of thiophene rings is 1. The second-order valence-corrected chi connectivity index (χ2v) is 6.67. The van der Waals surface area contributed by atoms with Crippen LogP contribution in [-0.2, 0) is 0 Å². The molecule has 0 atom stereocenters. The van der Waals surface area contributed by atoms with Crippen LogP contribution in [0.1, 0.15) is 0 Å². The number of ether oxygens (including phenoxy) is 1. The molecule has 0 aliphatic rings. The summed E-state index contributed by atoms with van der Waals surface area (Å²) in [6, 6.07) is 14.6. The number of benzene rings is 2. The van der Waals surface area contributed by atoms with Crippen molar-refractivity contribution < 1.29 is 9.15 Å². The zero-order chi connectivity index (χ0) is 17.4. The molecule has 0 unspecified atom stereocenters. The fraction of sp³-hybridized carbons (Fsp3) is 0.0526. The molecular formula is C19H12ClNO3S. The smallest absolute Gasteiger partial charge is 0.348 e. The first-order chi connectivity index (χ1) is 12.2. The van der Waals surface area contributed by atoms with Crippen molar-refractivity contribution in [1.82, 2.24) is 4.98 Å². The van der Waals surface area contributed by atoms with Crippen molar-refractivity contribution in [3.05, 3.63) is 69.4 Å². The van der Waals surface area contributed by atoms with Gasteiger partial charge in [-0.1, -0.05) is 23.7 Å². The van der Waals surface area contributed by atoms with Crippen molar-refractivity contribution in [2.45, 2.75) is 0 Å². The van der Waals surface area contributed by atoms with Gasteiger partial charge in [0, 0.05) is 21.5 Å². The molecule has 2 aromatic heterocycles. The highest BCUT2D eigenvalue weighted by atomic mass is 35.5. The van der Waals surface area contributed by atoms with Crippen LogP contribution in [-0.4, -0.2) is 12.1 Å². The van der Waals surface area contributed by atoms with Gasteiger partial charge >= 0.3 is 5.63 Å². The van der Waals surface area contributed by atoms with E-state index in [2.05, 4.69) is 4.98 Å². The first-order valence-electron chi connectivity index (χ1n) is 7.48. The van der Waals surface area contributed by atoms with Gasteiger partial charge in [-0.15, -0.1) is 11.3 Å². The maximum Gasteiger partial charge on any atom is 0.348 e. The average Bonchev–Trinajstić information content (AvgIpc) is 3.07. The van der Waals surface area contributed by atoms with E-state index in [0.29, 0.717) is 21.1 Å². The summed E-state index contributed by atoms with van der Waals surface area (Å²) in [5.41, 5.74) is 2.03. The Kier molecular flexibility index (Phi) is 4.03. The molecule has 2 heterocycles. The van der Waals surface area contributed by atoms with Crippen LogP contribution in [0.3, 0.4) is 0 Å². The molecular weight excluding hydrogens is 358 g/mol. The number of halogens is 1. The molecule has 0 bridgehead atoms. The van der Waals surface area contributed by atoms with E-state index >= 15 is 0 Å². The summed E-state index contributed by atoms with van der Waals surface area (Å²) in [6.07, 6.45) is 0. The summed E-state index contributed by atoms with van der Waals surface area (Å²) in [6.45, 7) is 0. The Balaban J connectivity index is 1.84. The Hall–Kier alpha value is -2.63. The van der Waals surface area contributed by atoms with Gasteiger partial charge in [0.05, 0.1) is 7.11 Å². The fourth-order valence-corrected chi connectivity index (χ4v) is 3.64. The number of hydrogen-bond donors (Lipinski definition) is 0. The van der Waals surface area contributed by atoms with Crippen LogP contribution in [0.25, 0.3) is 32.8 Å². The molecule has 0 N–H and O–H groups in total. The number of fused-ring (bicyclic) bond motifs is 1. The van der Waals surface area contributed by atoms with Crippen LogP contribution in [0.15, 0.2) is 63.1 Å². The van der Waals surface area contributed by atoms with Gasteiger partial charge in [-0.05, 0) is 42.0 Å². The second kappa shape index (κ2) is 6.35. The molecule has 4 nitrogen and oxygen atoms in total. The summed E-state index contributed by atoms with van der Waals surface area (Å²) < 4.78 is 10.6. The molecule has 4 aromatic rings. The fourth-order valence-electron chi connectivity index (χ4n) is 2.58. The van der Waals surface area contributed by atoms with Crippen molar-refractivity contribution in [1.29, 1.82) is 0 Å². The van der Waals surface area contributed by atoms with Crippen LogP contribution in [0.5, 0.6) is 5.75 Å². The SMILES string of the molecule is COc1ccc(-c2nc3scc(-c4ccc(Cl)cc4)c3c(=O)o2)cc1. The molecule has 0 aliphatic carbocycles. The molecule has 0 amide bonds. The minimum absolute atomic E-state index is 0.296. The van der Waals surface area contributed by atoms with Crippen LogP contribution >= 0.6 is 22.9 Å². The van der Waals surface area contributed by atoms with E-state index in [9.17, 15) is 4.79 Å². The third-order valence-electron chi connectivity index (χ3n) is 3.86. The third-order valence-corrected chi connectivity index (χ3v) is 4.98. The standard InChI is InChI=1S/C19H12ClNO3S/c1-23-14-8-4-12(5-9-14)17-21-18-16(19(22)24-17)15(10-25-18)11-2-6-13(20)7-3-11/h2-10H,1H3. The van der Waals surface area contributed by atoms with Gasteiger partial charge in [0.25, 0.3) is 0 Å². The van der Waals surface area contributed by atoms with Crippen molar-refractivity contribution in [3.63, 3.8) is 0 Å². The average molecular weight is 370 g/mol. The van der Waals surface area contributed by atoms with Gasteiger partial charge in [-0.25, -0.2) is 9.78 Å². The summed E-state index contributed by atoms with van der Waals surface area (Å²) in [4.78, 5) is 17.7. The van der Waals surface area contributed by atoms with E-state index in [1.54, 1.807) is 31.4 Å². The van der Waals surface area contributed by atoms with Gasteiger partial charge in [0.1, 0.15) is 16.0 Å². The topological polar surface area (TPSA) is 52.3 Å².